The maximum atomic E-state index is 12.8. The number of nitrogens with one attached hydrogen (secondary N) is 1. The molecule has 1 heterocycles. The first-order chi connectivity index (χ1) is 11.0. The van der Waals surface area contributed by atoms with Crippen molar-refractivity contribution >= 4 is 11.7 Å². The minimum atomic E-state index is -0.147. The van der Waals surface area contributed by atoms with Crippen LogP contribution < -0.4 is 5.32 Å². The van der Waals surface area contributed by atoms with Gasteiger partial charge in [0.15, 0.2) is 0 Å². The number of amides is 1. The normalized spacial score (nSPS) is 13.4. The number of carbonyl (C=O) groups is 1. The van der Waals surface area contributed by atoms with Crippen LogP contribution in [0.15, 0.2) is 42.6 Å². The maximum absolute atomic E-state index is 12.8. The molecule has 3 heteroatoms. The molecule has 2 rings (SSSR count). The highest BCUT2D eigenvalue weighted by Gasteiger charge is 2.23. The highest BCUT2D eigenvalue weighted by atomic mass is 16.1. The van der Waals surface area contributed by atoms with E-state index in [1.807, 2.05) is 18.2 Å². The number of hydrogen-bond donors (Lipinski definition) is 1. The third-order valence-electron chi connectivity index (χ3n) is 4.50. The van der Waals surface area contributed by atoms with Gasteiger partial charge in [-0.05, 0) is 55.0 Å². The predicted octanol–water partition coefficient (Wildman–Crippen LogP) is 4.86. The van der Waals surface area contributed by atoms with E-state index in [1.54, 1.807) is 6.20 Å². The van der Waals surface area contributed by atoms with E-state index in [0.29, 0.717) is 11.7 Å². The van der Waals surface area contributed by atoms with Crippen molar-refractivity contribution < 1.29 is 4.79 Å². The second-order valence-corrected chi connectivity index (χ2v) is 6.35. The van der Waals surface area contributed by atoms with Crippen LogP contribution in [0.5, 0.6) is 0 Å². The van der Waals surface area contributed by atoms with Crippen LogP contribution in [0, 0.1) is 19.8 Å². The molecule has 122 valence electrons. The number of anilines is 1. The van der Waals surface area contributed by atoms with Gasteiger partial charge in [-0.15, -0.1) is 0 Å². The van der Waals surface area contributed by atoms with Gasteiger partial charge in [-0.2, -0.15) is 0 Å². The first-order valence-corrected chi connectivity index (χ1v) is 8.30. The minimum absolute atomic E-state index is 0.0206. The molecule has 1 aromatic carbocycles. The molecule has 0 bridgehead atoms. The molecule has 0 aliphatic heterocycles. The number of aryl methyl sites for hydroxylation is 2. The quantitative estimate of drug-likeness (QED) is 0.828. The molecule has 3 nitrogen and oxygen atoms in total. The van der Waals surface area contributed by atoms with Crippen LogP contribution in [0.2, 0.25) is 0 Å². The summed E-state index contributed by atoms with van der Waals surface area (Å²) in [7, 11) is 0. The molecule has 2 aromatic rings. The Morgan fingerprint density at radius 2 is 1.96 bits per heavy atom. The molecule has 0 radical (unpaired) electrons. The third-order valence-corrected chi connectivity index (χ3v) is 4.50. The average Bonchev–Trinajstić information content (AvgIpc) is 2.56. The van der Waals surface area contributed by atoms with Crippen LogP contribution in [-0.4, -0.2) is 10.9 Å². The molecule has 1 amide bonds. The average molecular weight is 310 g/mol. The van der Waals surface area contributed by atoms with E-state index in [-0.39, 0.29) is 11.8 Å². The topological polar surface area (TPSA) is 42.0 Å². The van der Waals surface area contributed by atoms with E-state index >= 15 is 0 Å². The van der Waals surface area contributed by atoms with Crippen LogP contribution in [0.1, 0.15) is 49.3 Å². The second kappa shape index (κ2) is 7.91. The first-order valence-electron chi connectivity index (χ1n) is 8.30. The largest absolute Gasteiger partial charge is 0.310 e. The van der Waals surface area contributed by atoms with Crippen molar-refractivity contribution in [1.82, 2.24) is 4.98 Å². The summed E-state index contributed by atoms with van der Waals surface area (Å²) >= 11 is 0. The summed E-state index contributed by atoms with van der Waals surface area (Å²) in [5.41, 5.74) is 3.56. The van der Waals surface area contributed by atoms with Gasteiger partial charge in [-0.1, -0.05) is 44.5 Å². The standard InChI is InChI=1S/C20H26N2O/c1-5-14(2)12-18(17-10-9-15(3)16(4)13-17)20(23)22-19-8-6-7-11-21-19/h6-11,13-14,18H,5,12H2,1-4H3,(H,21,22,23). The number of nitrogens with zero attached hydrogens (tertiary/aromatic N) is 1. The van der Waals surface area contributed by atoms with E-state index in [0.717, 1.165) is 18.4 Å². The Morgan fingerprint density at radius 1 is 1.17 bits per heavy atom. The summed E-state index contributed by atoms with van der Waals surface area (Å²) in [5, 5.41) is 2.95. The Labute approximate surface area is 139 Å². The van der Waals surface area contributed by atoms with E-state index in [2.05, 4.69) is 56.2 Å². The zero-order valence-electron chi connectivity index (χ0n) is 14.5. The zero-order valence-corrected chi connectivity index (χ0v) is 14.5. The lowest BCUT2D eigenvalue weighted by atomic mass is 9.86. The van der Waals surface area contributed by atoms with Crippen LogP contribution >= 0.6 is 0 Å². The van der Waals surface area contributed by atoms with E-state index in [4.69, 9.17) is 0 Å². The van der Waals surface area contributed by atoms with Gasteiger partial charge in [0.2, 0.25) is 5.91 Å². The summed E-state index contributed by atoms with van der Waals surface area (Å²) in [4.78, 5) is 17.0. The van der Waals surface area contributed by atoms with Crippen LogP contribution in [0.3, 0.4) is 0 Å². The molecule has 0 fully saturated rings. The predicted molar refractivity (Wildman–Crippen MR) is 95.6 cm³/mol. The fourth-order valence-corrected chi connectivity index (χ4v) is 2.59. The molecule has 0 aliphatic carbocycles. The molecule has 0 spiro atoms. The highest BCUT2D eigenvalue weighted by Crippen LogP contribution is 2.28. The lowest BCUT2D eigenvalue weighted by molar-refractivity contribution is -0.118. The van der Waals surface area contributed by atoms with Gasteiger partial charge >= 0.3 is 0 Å². The van der Waals surface area contributed by atoms with E-state index < -0.39 is 0 Å². The third kappa shape index (κ3) is 4.65. The molecule has 23 heavy (non-hydrogen) atoms. The van der Waals surface area contributed by atoms with Crippen LogP contribution in [-0.2, 0) is 4.79 Å². The van der Waals surface area contributed by atoms with E-state index in [9.17, 15) is 4.79 Å². The van der Waals surface area contributed by atoms with Crippen molar-refractivity contribution in [2.24, 2.45) is 5.92 Å². The number of rotatable bonds is 6. The Kier molecular flexibility index (Phi) is 5.91. The number of benzene rings is 1. The summed E-state index contributed by atoms with van der Waals surface area (Å²) in [6.45, 7) is 8.55. The lowest BCUT2D eigenvalue weighted by Crippen LogP contribution is -2.23. The van der Waals surface area contributed by atoms with Gasteiger partial charge in [0.1, 0.15) is 5.82 Å². The fraction of sp³-hybridized carbons (Fsp3) is 0.400. The fourth-order valence-electron chi connectivity index (χ4n) is 2.59. The Balaban J connectivity index is 2.25. The number of carbonyl (C=O) groups excluding carboxylic acids is 1. The zero-order chi connectivity index (χ0) is 16.8. The van der Waals surface area contributed by atoms with Crippen molar-refractivity contribution in [3.8, 4) is 0 Å². The Morgan fingerprint density at radius 3 is 2.57 bits per heavy atom. The lowest BCUT2D eigenvalue weighted by Gasteiger charge is -2.21. The molecule has 0 saturated heterocycles. The minimum Gasteiger partial charge on any atom is -0.310 e. The smallest absolute Gasteiger partial charge is 0.233 e. The second-order valence-electron chi connectivity index (χ2n) is 6.35. The van der Waals surface area contributed by atoms with Crippen molar-refractivity contribution in [3.05, 3.63) is 59.3 Å². The van der Waals surface area contributed by atoms with Crippen LogP contribution in [0.25, 0.3) is 0 Å². The van der Waals surface area contributed by atoms with Crippen molar-refractivity contribution in [2.75, 3.05) is 5.32 Å². The van der Waals surface area contributed by atoms with Gasteiger partial charge in [0.05, 0.1) is 5.92 Å². The van der Waals surface area contributed by atoms with E-state index in [1.165, 1.54) is 11.1 Å². The summed E-state index contributed by atoms with van der Waals surface area (Å²) in [6, 6.07) is 11.9. The van der Waals surface area contributed by atoms with Gasteiger partial charge < -0.3 is 5.32 Å². The molecule has 1 aromatic heterocycles. The highest BCUT2D eigenvalue weighted by molar-refractivity contribution is 5.95. The molecule has 0 aliphatic rings. The molecule has 2 unspecified atom stereocenters. The molecule has 0 saturated carbocycles. The summed E-state index contributed by atoms with van der Waals surface area (Å²) in [5.74, 6) is 0.977. The first kappa shape index (κ1) is 17.2. The summed E-state index contributed by atoms with van der Waals surface area (Å²) in [6.07, 6.45) is 3.60. The van der Waals surface area contributed by atoms with Crippen LogP contribution in [0.4, 0.5) is 5.82 Å². The number of aromatic nitrogens is 1. The monoisotopic (exact) mass is 310 g/mol. The summed E-state index contributed by atoms with van der Waals surface area (Å²) < 4.78 is 0. The van der Waals surface area contributed by atoms with Gasteiger partial charge in [0, 0.05) is 6.20 Å². The Bertz CT molecular complexity index is 652. The number of hydrogen-bond acceptors (Lipinski definition) is 2. The maximum Gasteiger partial charge on any atom is 0.233 e. The number of pyridine rings is 1. The molecule has 2 atom stereocenters. The van der Waals surface area contributed by atoms with Crippen molar-refractivity contribution in [3.63, 3.8) is 0 Å². The molecular formula is C20H26N2O. The Hall–Kier alpha value is -2.16. The van der Waals surface area contributed by atoms with Crippen molar-refractivity contribution in [2.45, 2.75) is 46.5 Å². The molecule has 1 N–H and O–H groups in total. The SMILES string of the molecule is CCC(C)CC(C(=O)Nc1ccccn1)c1ccc(C)c(C)c1. The van der Waals surface area contributed by atoms with Gasteiger partial charge in [0.25, 0.3) is 0 Å². The van der Waals surface area contributed by atoms with Crippen molar-refractivity contribution in [1.29, 1.82) is 0 Å². The van der Waals surface area contributed by atoms with Gasteiger partial charge in [-0.3, -0.25) is 4.79 Å². The van der Waals surface area contributed by atoms with Gasteiger partial charge in [-0.25, -0.2) is 4.98 Å². The molecular weight excluding hydrogens is 284 g/mol.